The third kappa shape index (κ3) is 2.76. The van der Waals surface area contributed by atoms with E-state index in [2.05, 4.69) is 10.1 Å². The number of aromatic nitrogens is 3. The van der Waals surface area contributed by atoms with Crippen LogP contribution in [0.2, 0.25) is 0 Å². The zero-order valence-electron chi connectivity index (χ0n) is 14.2. The Morgan fingerprint density at radius 1 is 1.00 bits per heavy atom. The van der Waals surface area contributed by atoms with Crippen LogP contribution in [-0.2, 0) is 6.61 Å². The van der Waals surface area contributed by atoms with Crippen LogP contribution >= 0.6 is 0 Å². The highest BCUT2D eigenvalue weighted by molar-refractivity contribution is 5.59. The van der Waals surface area contributed by atoms with Gasteiger partial charge in [0.15, 0.2) is 28.8 Å². The molecule has 136 valence electrons. The average Bonchev–Trinajstić information content (AvgIpc) is 3.47. The summed E-state index contributed by atoms with van der Waals surface area (Å²) >= 11 is 0. The molecule has 0 atom stereocenters. The van der Waals surface area contributed by atoms with Gasteiger partial charge in [-0.25, -0.2) is 9.67 Å². The Balaban J connectivity index is 1.66. The molecular weight excluding hydrogens is 350 g/mol. The molecule has 8 nitrogen and oxygen atoms in total. The predicted octanol–water partition coefficient (Wildman–Crippen LogP) is 3.05. The second-order valence-electron chi connectivity index (χ2n) is 5.90. The van der Waals surface area contributed by atoms with Crippen molar-refractivity contribution in [2.24, 2.45) is 0 Å². The maximum atomic E-state index is 9.29. The maximum absolute atomic E-state index is 9.29. The van der Waals surface area contributed by atoms with E-state index >= 15 is 0 Å². The number of rotatable bonds is 4. The first-order chi connectivity index (χ1) is 13.3. The number of hydrogen-bond acceptors (Lipinski definition) is 7. The first kappa shape index (κ1) is 15.7. The van der Waals surface area contributed by atoms with Crippen LogP contribution in [0.25, 0.3) is 28.9 Å². The van der Waals surface area contributed by atoms with Crippen LogP contribution in [0.15, 0.2) is 57.6 Å². The fourth-order valence-corrected chi connectivity index (χ4v) is 2.91. The van der Waals surface area contributed by atoms with E-state index in [1.807, 2.05) is 18.2 Å². The van der Waals surface area contributed by atoms with Crippen LogP contribution in [0.1, 0.15) is 5.76 Å². The summed E-state index contributed by atoms with van der Waals surface area (Å²) in [4.78, 5) is 4.57. The maximum Gasteiger partial charge on any atom is 0.218 e. The van der Waals surface area contributed by atoms with Gasteiger partial charge >= 0.3 is 0 Å². The molecule has 0 spiro atoms. The van der Waals surface area contributed by atoms with Crippen LogP contribution < -0.4 is 9.47 Å². The second kappa shape index (κ2) is 6.33. The van der Waals surface area contributed by atoms with Crippen LogP contribution in [0.4, 0.5) is 0 Å². The summed E-state index contributed by atoms with van der Waals surface area (Å²) in [5, 5.41) is 13.9. The fourth-order valence-electron chi connectivity index (χ4n) is 2.91. The van der Waals surface area contributed by atoms with E-state index in [4.69, 9.17) is 18.3 Å². The number of aliphatic hydroxyl groups excluding tert-OH is 1. The van der Waals surface area contributed by atoms with Crippen molar-refractivity contribution in [3.05, 3.63) is 54.5 Å². The lowest BCUT2D eigenvalue weighted by molar-refractivity contribution is 0.171. The van der Waals surface area contributed by atoms with Gasteiger partial charge in [0.2, 0.25) is 5.82 Å². The lowest BCUT2D eigenvalue weighted by Crippen LogP contribution is -2.15. The van der Waals surface area contributed by atoms with E-state index in [9.17, 15) is 5.11 Å². The number of ether oxygens (including phenoxy) is 2. The van der Waals surface area contributed by atoms with E-state index in [1.54, 1.807) is 35.2 Å². The molecule has 0 radical (unpaired) electrons. The van der Waals surface area contributed by atoms with Crippen molar-refractivity contribution >= 4 is 0 Å². The second-order valence-corrected chi connectivity index (χ2v) is 5.90. The van der Waals surface area contributed by atoms with Gasteiger partial charge in [0.25, 0.3) is 0 Å². The Kier molecular flexibility index (Phi) is 3.68. The molecule has 1 aliphatic rings. The molecule has 0 amide bonds. The van der Waals surface area contributed by atoms with Gasteiger partial charge in [-0.05, 0) is 36.4 Å². The zero-order valence-corrected chi connectivity index (χ0v) is 14.2. The molecular formula is C19H15N3O5. The lowest BCUT2D eigenvalue weighted by atomic mass is 10.2. The van der Waals surface area contributed by atoms with Crippen LogP contribution in [0, 0.1) is 0 Å². The highest BCUT2D eigenvalue weighted by Crippen LogP contribution is 2.34. The number of fused-ring (bicyclic) bond motifs is 1. The molecule has 1 N–H and O–H groups in total. The molecule has 0 saturated carbocycles. The zero-order chi connectivity index (χ0) is 18.2. The van der Waals surface area contributed by atoms with Gasteiger partial charge in [0, 0.05) is 6.07 Å². The summed E-state index contributed by atoms with van der Waals surface area (Å²) < 4.78 is 24.0. The van der Waals surface area contributed by atoms with Gasteiger partial charge in [0.05, 0.1) is 12.0 Å². The van der Waals surface area contributed by atoms with E-state index in [1.165, 1.54) is 0 Å². The third-order valence-corrected chi connectivity index (χ3v) is 4.16. The molecule has 0 aliphatic carbocycles. The van der Waals surface area contributed by atoms with Crippen molar-refractivity contribution < 1.29 is 23.4 Å². The molecule has 0 bridgehead atoms. The SMILES string of the molecule is OCc1ccc(-c2nc(-c3ccco3)nn2-c2ccc3c(c2)OCCO3)o1. The minimum Gasteiger partial charge on any atom is -0.486 e. The predicted molar refractivity (Wildman–Crippen MR) is 93.7 cm³/mol. The van der Waals surface area contributed by atoms with Gasteiger partial charge in [-0.2, -0.15) is 0 Å². The van der Waals surface area contributed by atoms with Crippen molar-refractivity contribution in [3.63, 3.8) is 0 Å². The highest BCUT2D eigenvalue weighted by atomic mass is 16.6. The standard InChI is InChI=1S/C19H15N3O5/c23-11-13-4-6-16(27-13)19-20-18(15-2-1-7-24-15)21-22(19)12-3-5-14-17(10-12)26-9-8-25-14/h1-7,10,23H,8-9,11H2. The van der Waals surface area contributed by atoms with Crippen LogP contribution in [-0.4, -0.2) is 33.1 Å². The number of benzene rings is 1. The van der Waals surface area contributed by atoms with Gasteiger partial charge in [-0.3, -0.25) is 0 Å². The quantitative estimate of drug-likeness (QED) is 0.594. The first-order valence-corrected chi connectivity index (χ1v) is 8.43. The van der Waals surface area contributed by atoms with Crippen molar-refractivity contribution in [1.82, 2.24) is 14.8 Å². The summed E-state index contributed by atoms with van der Waals surface area (Å²) in [5.41, 5.74) is 0.738. The largest absolute Gasteiger partial charge is 0.486 e. The molecule has 1 aromatic carbocycles. The molecule has 5 rings (SSSR count). The monoisotopic (exact) mass is 365 g/mol. The van der Waals surface area contributed by atoms with Crippen LogP contribution in [0.5, 0.6) is 11.5 Å². The Hall–Kier alpha value is -3.52. The minimum absolute atomic E-state index is 0.191. The van der Waals surface area contributed by atoms with Crippen molar-refractivity contribution in [2.75, 3.05) is 13.2 Å². The van der Waals surface area contributed by atoms with Gasteiger partial charge in [-0.15, -0.1) is 5.10 Å². The smallest absolute Gasteiger partial charge is 0.218 e. The summed E-state index contributed by atoms with van der Waals surface area (Å²) in [6.07, 6.45) is 1.57. The molecule has 0 fully saturated rings. The highest BCUT2D eigenvalue weighted by Gasteiger charge is 2.21. The summed E-state index contributed by atoms with van der Waals surface area (Å²) in [7, 11) is 0. The first-order valence-electron chi connectivity index (χ1n) is 8.43. The topological polar surface area (TPSA) is 95.7 Å². The van der Waals surface area contributed by atoms with Gasteiger partial charge in [-0.1, -0.05) is 0 Å². The molecule has 27 heavy (non-hydrogen) atoms. The molecule has 1 aliphatic heterocycles. The molecule has 3 aromatic heterocycles. The number of aliphatic hydroxyl groups is 1. The van der Waals surface area contributed by atoms with Crippen molar-refractivity contribution in [1.29, 1.82) is 0 Å². The Labute approximate surface area is 153 Å². The fraction of sp³-hybridized carbons (Fsp3) is 0.158. The minimum atomic E-state index is -0.191. The molecule has 0 saturated heterocycles. The van der Waals surface area contributed by atoms with Crippen molar-refractivity contribution in [3.8, 4) is 40.4 Å². The van der Waals surface area contributed by atoms with E-state index in [-0.39, 0.29) is 6.61 Å². The van der Waals surface area contributed by atoms with E-state index in [0.717, 1.165) is 5.69 Å². The Morgan fingerprint density at radius 3 is 2.67 bits per heavy atom. The average molecular weight is 365 g/mol. The molecule has 8 heteroatoms. The summed E-state index contributed by atoms with van der Waals surface area (Å²) in [5.74, 6) is 3.72. The van der Waals surface area contributed by atoms with Crippen LogP contribution in [0.3, 0.4) is 0 Å². The van der Waals surface area contributed by atoms with E-state index in [0.29, 0.717) is 53.6 Å². The Morgan fingerprint density at radius 2 is 1.89 bits per heavy atom. The number of furan rings is 2. The third-order valence-electron chi connectivity index (χ3n) is 4.16. The number of nitrogens with zero attached hydrogens (tertiary/aromatic N) is 3. The molecule has 4 heterocycles. The summed E-state index contributed by atoms with van der Waals surface area (Å²) in [6, 6.07) is 12.6. The van der Waals surface area contributed by atoms with Crippen molar-refractivity contribution in [2.45, 2.75) is 6.61 Å². The molecule has 4 aromatic rings. The van der Waals surface area contributed by atoms with Gasteiger partial charge < -0.3 is 23.4 Å². The van der Waals surface area contributed by atoms with E-state index < -0.39 is 0 Å². The number of hydrogen-bond donors (Lipinski definition) is 1. The van der Waals surface area contributed by atoms with Gasteiger partial charge in [0.1, 0.15) is 25.6 Å². The summed E-state index contributed by atoms with van der Waals surface area (Å²) in [6.45, 7) is 0.833. The normalized spacial score (nSPS) is 13.1. The Bertz CT molecular complexity index is 1080. The lowest BCUT2D eigenvalue weighted by Gasteiger charge is -2.18. The molecule has 0 unspecified atom stereocenters.